The molecule has 1 N–H and O–H groups in total. The predicted octanol–water partition coefficient (Wildman–Crippen LogP) is 3.92. The Bertz CT molecular complexity index is 1080. The first-order chi connectivity index (χ1) is 14.1. The number of aryl methyl sites for hydroxylation is 1. The molecular weight excluding hydrogens is 364 g/mol. The summed E-state index contributed by atoms with van der Waals surface area (Å²) in [5, 5.41) is 3.03. The molecule has 0 atom stereocenters. The van der Waals surface area contributed by atoms with Crippen LogP contribution in [-0.4, -0.2) is 20.0 Å². The van der Waals surface area contributed by atoms with E-state index in [9.17, 15) is 4.79 Å². The van der Waals surface area contributed by atoms with Crippen molar-refractivity contribution in [1.82, 2.24) is 19.4 Å². The highest BCUT2D eigenvalue weighted by atomic mass is 16.3. The fourth-order valence-electron chi connectivity index (χ4n) is 3.46. The van der Waals surface area contributed by atoms with Crippen molar-refractivity contribution in [1.29, 1.82) is 0 Å². The van der Waals surface area contributed by atoms with Gasteiger partial charge in [0, 0.05) is 36.9 Å². The number of rotatable bonds is 7. The van der Waals surface area contributed by atoms with E-state index >= 15 is 0 Å². The molecule has 0 spiro atoms. The van der Waals surface area contributed by atoms with Crippen LogP contribution in [0.4, 0.5) is 0 Å². The Morgan fingerprint density at radius 2 is 1.90 bits per heavy atom. The van der Waals surface area contributed by atoms with Crippen molar-refractivity contribution in [3.05, 3.63) is 101 Å². The number of hydrogen-bond acceptors (Lipinski definition) is 3. The number of nitrogens with zero attached hydrogens (tertiary/aromatic N) is 3. The largest absolute Gasteiger partial charge is 0.467 e. The van der Waals surface area contributed by atoms with Gasteiger partial charge in [-0.05, 0) is 43.2 Å². The van der Waals surface area contributed by atoms with Crippen molar-refractivity contribution in [3.8, 4) is 0 Å². The van der Waals surface area contributed by atoms with Crippen LogP contribution in [0.15, 0.2) is 71.9 Å². The predicted molar refractivity (Wildman–Crippen MR) is 111 cm³/mol. The molecule has 3 heterocycles. The van der Waals surface area contributed by atoms with E-state index in [1.165, 1.54) is 5.56 Å². The fourth-order valence-corrected chi connectivity index (χ4v) is 3.46. The zero-order chi connectivity index (χ0) is 20.2. The Hall–Kier alpha value is -3.54. The van der Waals surface area contributed by atoms with E-state index in [0.717, 1.165) is 29.3 Å². The second-order valence-electron chi connectivity index (χ2n) is 7.18. The van der Waals surface area contributed by atoms with Crippen molar-refractivity contribution in [3.63, 3.8) is 0 Å². The van der Waals surface area contributed by atoms with Crippen LogP contribution in [0.5, 0.6) is 0 Å². The monoisotopic (exact) mass is 388 g/mol. The number of nitrogens with one attached hydrogen (secondary N) is 1. The molecular formula is C23H24N4O2. The highest BCUT2D eigenvalue weighted by Crippen LogP contribution is 2.18. The Kier molecular flexibility index (Phi) is 5.33. The molecule has 0 saturated carbocycles. The second kappa shape index (κ2) is 8.22. The fraction of sp³-hybridized carbons (Fsp3) is 0.217. The highest BCUT2D eigenvalue weighted by molar-refractivity contribution is 5.95. The van der Waals surface area contributed by atoms with E-state index in [4.69, 9.17) is 4.42 Å². The minimum absolute atomic E-state index is 0.0636. The minimum atomic E-state index is -0.0636. The average molecular weight is 388 g/mol. The van der Waals surface area contributed by atoms with Gasteiger partial charge in [0.15, 0.2) is 0 Å². The van der Waals surface area contributed by atoms with Gasteiger partial charge in [0.2, 0.25) is 0 Å². The lowest BCUT2D eigenvalue weighted by atomic mass is 10.1. The molecule has 4 aromatic rings. The second-order valence-corrected chi connectivity index (χ2v) is 7.18. The van der Waals surface area contributed by atoms with Crippen LogP contribution in [0.2, 0.25) is 0 Å². The highest BCUT2D eigenvalue weighted by Gasteiger charge is 2.16. The normalized spacial score (nSPS) is 11.0. The summed E-state index contributed by atoms with van der Waals surface area (Å²) in [5.74, 6) is 0.806. The molecule has 0 radical (unpaired) electrons. The molecule has 148 valence electrons. The van der Waals surface area contributed by atoms with Gasteiger partial charge in [-0.3, -0.25) is 4.79 Å². The Balaban J connectivity index is 1.38. The Morgan fingerprint density at radius 1 is 1.10 bits per heavy atom. The number of amides is 1. The zero-order valence-corrected chi connectivity index (χ0v) is 16.6. The number of carbonyl (C=O) groups is 1. The first-order valence-corrected chi connectivity index (χ1v) is 9.61. The number of furan rings is 1. The molecule has 0 unspecified atom stereocenters. The summed E-state index contributed by atoms with van der Waals surface area (Å²) in [6, 6.07) is 14.0. The van der Waals surface area contributed by atoms with Crippen LogP contribution in [0.1, 0.15) is 38.6 Å². The van der Waals surface area contributed by atoms with Crippen LogP contribution in [-0.2, 0) is 19.6 Å². The number of benzene rings is 1. The van der Waals surface area contributed by atoms with Gasteiger partial charge in [-0.25, -0.2) is 4.98 Å². The number of carbonyl (C=O) groups excluding carboxylic acids is 1. The summed E-state index contributed by atoms with van der Waals surface area (Å²) in [6.45, 7) is 5.87. The molecule has 6 heteroatoms. The Morgan fingerprint density at radius 3 is 2.59 bits per heavy atom. The van der Waals surface area contributed by atoms with Gasteiger partial charge in [-0.1, -0.05) is 24.3 Å². The smallest absolute Gasteiger partial charge is 0.253 e. The Labute approximate surface area is 169 Å². The first kappa shape index (κ1) is 18.8. The van der Waals surface area contributed by atoms with Crippen molar-refractivity contribution in [2.75, 3.05) is 0 Å². The van der Waals surface area contributed by atoms with E-state index in [2.05, 4.69) is 27.0 Å². The SMILES string of the molecule is Cc1cc(C(=O)NCc2ccc(Cn3ccnc3)cc2)c(C)n1Cc1ccco1. The third-order valence-corrected chi connectivity index (χ3v) is 5.11. The molecule has 1 amide bonds. The van der Waals surface area contributed by atoms with E-state index in [1.54, 1.807) is 18.8 Å². The van der Waals surface area contributed by atoms with Gasteiger partial charge in [0.1, 0.15) is 5.76 Å². The molecule has 0 bridgehead atoms. The van der Waals surface area contributed by atoms with Crippen molar-refractivity contribution >= 4 is 5.91 Å². The maximum atomic E-state index is 12.7. The maximum absolute atomic E-state index is 12.7. The van der Waals surface area contributed by atoms with Crippen LogP contribution in [0.3, 0.4) is 0 Å². The van der Waals surface area contributed by atoms with Gasteiger partial charge in [0.25, 0.3) is 5.91 Å². The molecule has 29 heavy (non-hydrogen) atoms. The number of imidazole rings is 1. The summed E-state index contributed by atoms with van der Waals surface area (Å²) in [4.78, 5) is 16.8. The van der Waals surface area contributed by atoms with Crippen LogP contribution in [0.25, 0.3) is 0 Å². The van der Waals surface area contributed by atoms with Crippen LogP contribution in [0, 0.1) is 13.8 Å². The standard InChI is InChI=1S/C23H24N4O2/c1-17-12-22(18(2)27(17)15-21-4-3-11-29-21)23(28)25-13-19-5-7-20(8-6-19)14-26-10-9-24-16-26/h3-12,16H,13-15H2,1-2H3,(H,25,28). The summed E-state index contributed by atoms with van der Waals surface area (Å²) in [6.07, 6.45) is 7.18. The third kappa shape index (κ3) is 4.32. The number of aromatic nitrogens is 3. The molecule has 0 aliphatic rings. The summed E-state index contributed by atoms with van der Waals surface area (Å²) in [5.41, 5.74) is 4.93. The van der Waals surface area contributed by atoms with E-state index in [-0.39, 0.29) is 5.91 Å². The topological polar surface area (TPSA) is 65.0 Å². The summed E-state index contributed by atoms with van der Waals surface area (Å²) in [7, 11) is 0. The average Bonchev–Trinajstić information content (AvgIpc) is 3.47. The first-order valence-electron chi connectivity index (χ1n) is 9.61. The van der Waals surface area contributed by atoms with Gasteiger partial charge >= 0.3 is 0 Å². The number of hydrogen-bond donors (Lipinski definition) is 1. The van der Waals surface area contributed by atoms with Crippen molar-refractivity contribution in [2.24, 2.45) is 0 Å². The van der Waals surface area contributed by atoms with Crippen molar-refractivity contribution < 1.29 is 9.21 Å². The van der Waals surface area contributed by atoms with Gasteiger partial charge in [0.05, 0.1) is 24.7 Å². The zero-order valence-electron chi connectivity index (χ0n) is 16.6. The van der Waals surface area contributed by atoms with E-state index in [0.29, 0.717) is 18.7 Å². The molecule has 0 fully saturated rings. The molecule has 0 aliphatic carbocycles. The summed E-state index contributed by atoms with van der Waals surface area (Å²) < 4.78 is 9.56. The molecule has 0 aliphatic heterocycles. The molecule has 6 nitrogen and oxygen atoms in total. The minimum Gasteiger partial charge on any atom is -0.467 e. The lowest BCUT2D eigenvalue weighted by molar-refractivity contribution is 0.0950. The van der Waals surface area contributed by atoms with Gasteiger partial charge in [-0.2, -0.15) is 0 Å². The third-order valence-electron chi connectivity index (χ3n) is 5.11. The van der Waals surface area contributed by atoms with Crippen LogP contribution < -0.4 is 5.32 Å². The van der Waals surface area contributed by atoms with E-state index in [1.807, 2.05) is 54.9 Å². The summed E-state index contributed by atoms with van der Waals surface area (Å²) >= 11 is 0. The molecule has 3 aromatic heterocycles. The van der Waals surface area contributed by atoms with Gasteiger partial charge in [-0.15, -0.1) is 0 Å². The molecule has 4 rings (SSSR count). The van der Waals surface area contributed by atoms with Crippen molar-refractivity contribution in [2.45, 2.75) is 33.5 Å². The van der Waals surface area contributed by atoms with Gasteiger partial charge < -0.3 is 18.9 Å². The molecule has 1 aromatic carbocycles. The van der Waals surface area contributed by atoms with Crippen LogP contribution >= 0.6 is 0 Å². The lowest BCUT2D eigenvalue weighted by Gasteiger charge is -2.09. The molecule has 0 saturated heterocycles. The van der Waals surface area contributed by atoms with E-state index < -0.39 is 0 Å². The quantitative estimate of drug-likeness (QED) is 0.522. The maximum Gasteiger partial charge on any atom is 0.253 e. The lowest BCUT2D eigenvalue weighted by Crippen LogP contribution is -2.23.